The summed E-state index contributed by atoms with van der Waals surface area (Å²) in [4.78, 5) is 61.0. The van der Waals surface area contributed by atoms with Gasteiger partial charge in [0.15, 0.2) is 12.9 Å². The lowest BCUT2D eigenvalue weighted by molar-refractivity contribution is -0.180. The van der Waals surface area contributed by atoms with Crippen LogP contribution in [0.1, 0.15) is 51.2 Å². The molecule has 1 aromatic carbocycles. The lowest BCUT2D eigenvalue weighted by Gasteiger charge is -2.36. The van der Waals surface area contributed by atoms with Crippen molar-refractivity contribution in [2.24, 2.45) is 0 Å². The topological polar surface area (TPSA) is 180 Å². The molecule has 15 heteroatoms. The average molecular weight is 673 g/mol. The van der Waals surface area contributed by atoms with Gasteiger partial charge in [0.1, 0.15) is 6.04 Å². The van der Waals surface area contributed by atoms with Crippen LogP contribution in [0.15, 0.2) is 54.2 Å². The van der Waals surface area contributed by atoms with Gasteiger partial charge in [0, 0.05) is 49.9 Å². The van der Waals surface area contributed by atoms with E-state index in [-0.39, 0.29) is 32.0 Å². The molecule has 0 unspecified atom stereocenters. The molecule has 0 aliphatic rings. The first-order valence-electron chi connectivity index (χ1n) is 15.5. The predicted molar refractivity (Wildman–Crippen MR) is 176 cm³/mol. The van der Waals surface area contributed by atoms with E-state index in [1.165, 1.54) is 0 Å². The number of nitrogens with zero attached hydrogens (tertiary/aromatic N) is 2. The van der Waals surface area contributed by atoms with Gasteiger partial charge in [-0.25, -0.2) is 15.1 Å². The van der Waals surface area contributed by atoms with Crippen molar-refractivity contribution >= 4 is 45.4 Å². The number of rotatable bonds is 20. The molecule has 5 amide bonds. The molecule has 0 saturated heterocycles. The van der Waals surface area contributed by atoms with E-state index < -0.39 is 43.0 Å². The van der Waals surface area contributed by atoms with Gasteiger partial charge in [-0.15, -0.1) is 11.3 Å². The molecule has 5 N–H and O–H groups in total. The number of hydroxylamine groups is 1. The number of carboxylic acid groups (broad SMARTS) is 1. The Labute approximate surface area is 278 Å². The summed E-state index contributed by atoms with van der Waals surface area (Å²) >= 11 is 1.58. The Kier molecular flexibility index (Phi) is 15.8. The van der Waals surface area contributed by atoms with Crippen molar-refractivity contribution in [1.29, 1.82) is 0 Å². The van der Waals surface area contributed by atoms with Crippen molar-refractivity contribution in [2.45, 2.75) is 71.5 Å². The van der Waals surface area contributed by atoms with Crippen molar-refractivity contribution in [1.82, 2.24) is 31.3 Å². The van der Waals surface area contributed by atoms with E-state index >= 15 is 0 Å². The van der Waals surface area contributed by atoms with Crippen LogP contribution in [0.2, 0.25) is 0 Å². The highest BCUT2D eigenvalue weighted by Crippen LogP contribution is 2.28. The fraction of sp³-hybridized carbons (Fsp3) is 0.469. The van der Waals surface area contributed by atoms with Crippen LogP contribution in [-0.4, -0.2) is 83.7 Å². The van der Waals surface area contributed by atoms with E-state index in [1.54, 1.807) is 40.8 Å². The predicted octanol–water partition coefficient (Wildman–Crippen LogP) is 3.77. The SMILES string of the molecule is CCOC(OCC)[C@H](C)N(Cc1csc2ccccc12)C(=O)[C@H](CCCCNC(=O)O)NC(=O)CONC(=O)NCc1ccncc1. The molecule has 0 saturated carbocycles. The molecular weight excluding hydrogens is 628 g/mol. The van der Waals surface area contributed by atoms with Crippen LogP contribution in [-0.2, 0) is 37.0 Å². The first-order chi connectivity index (χ1) is 22.7. The van der Waals surface area contributed by atoms with Crippen LogP contribution in [0.3, 0.4) is 0 Å². The van der Waals surface area contributed by atoms with E-state index in [9.17, 15) is 19.2 Å². The second-order valence-corrected chi connectivity index (χ2v) is 11.4. The maximum atomic E-state index is 14.3. The number of unbranched alkanes of at least 4 members (excludes halogenated alkanes) is 1. The van der Waals surface area contributed by atoms with Gasteiger partial charge >= 0.3 is 12.1 Å². The van der Waals surface area contributed by atoms with Gasteiger partial charge in [-0.2, -0.15) is 0 Å². The molecule has 2 atom stereocenters. The molecule has 2 heterocycles. The number of carbonyl (C=O) groups is 4. The Hall–Kier alpha value is -4.31. The summed E-state index contributed by atoms with van der Waals surface area (Å²) in [7, 11) is 0. The van der Waals surface area contributed by atoms with Gasteiger partial charge in [0.2, 0.25) is 11.8 Å². The number of thiophene rings is 1. The maximum absolute atomic E-state index is 14.3. The first kappa shape index (κ1) is 37.2. The first-order valence-corrected chi connectivity index (χ1v) is 16.4. The number of pyridine rings is 1. The minimum atomic E-state index is -1.14. The molecule has 0 aliphatic heterocycles. The number of hydrogen-bond donors (Lipinski definition) is 5. The summed E-state index contributed by atoms with van der Waals surface area (Å²) in [5.41, 5.74) is 3.94. The Morgan fingerprint density at radius 2 is 1.72 bits per heavy atom. The number of urea groups is 1. The third kappa shape index (κ3) is 12.4. The lowest BCUT2D eigenvalue weighted by Crippen LogP contribution is -2.55. The summed E-state index contributed by atoms with van der Waals surface area (Å²) < 4.78 is 12.8. The highest BCUT2D eigenvalue weighted by atomic mass is 32.1. The van der Waals surface area contributed by atoms with E-state index in [0.717, 1.165) is 21.2 Å². The summed E-state index contributed by atoms with van der Waals surface area (Å²) in [6, 6.07) is 9.27. The average Bonchev–Trinajstić information content (AvgIpc) is 3.48. The van der Waals surface area contributed by atoms with Crippen LogP contribution in [0, 0.1) is 0 Å². The number of ether oxygens (including phenoxy) is 2. The molecule has 3 aromatic rings. The highest BCUT2D eigenvalue weighted by Gasteiger charge is 2.34. The number of hydrogen-bond acceptors (Lipinski definition) is 9. The van der Waals surface area contributed by atoms with Gasteiger partial charge in [0.05, 0.1) is 6.04 Å². The third-order valence-electron chi connectivity index (χ3n) is 7.13. The molecular formula is C32H44N6O8S. The fourth-order valence-corrected chi connectivity index (χ4v) is 5.77. The standard InChI is InChI=1S/C32H44N6O8S/c1-4-44-30(45-5-2)22(3)38(19-24-21-47-27-12-7-6-10-25(24)27)29(40)26(11-8-9-15-34-32(42)43)36-28(39)20-46-37-31(41)35-18-23-13-16-33-17-14-23/h6-7,10,12-14,16-17,21-22,26,30,34H,4-5,8-9,11,15,18-20H2,1-3H3,(H,36,39)(H,42,43)(H2,35,37,41)/t22-,26-/m0/s1. The quantitative estimate of drug-likeness (QED) is 0.0679. The Balaban J connectivity index is 1.74. The lowest BCUT2D eigenvalue weighted by atomic mass is 10.0. The normalized spacial score (nSPS) is 12.3. The van der Waals surface area contributed by atoms with Crippen LogP contribution >= 0.6 is 11.3 Å². The van der Waals surface area contributed by atoms with Crippen molar-refractivity contribution < 1.29 is 38.6 Å². The zero-order valence-corrected chi connectivity index (χ0v) is 27.7. The number of nitrogens with one attached hydrogen (secondary N) is 4. The van der Waals surface area contributed by atoms with E-state index in [4.69, 9.17) is 19.4 Å². The molecule has 256 valence electrons. The minimum Gasteiger partial charge on any atom is -0.465 e. The Morgan fingerprint density at radius 1 is 1.00 bits per heavy atom. The number of benzene rings is 1. The number of amides is 5. The molecule has 47 heavy (non-hydrogen) atoms. The zero-order chi connectivity index (χ0) is 34.0. The molecule has 0 spiro atoms. The number of aromatic nitrogens is 1. The molecule has 0 aliphatic carbocycles. The van der Waals surface area contributed by atoms with Crippen molar-refractivity contribution in [3.05, 3.63) is 65.3 Å². The number of fused-ring (bicyclic) bond motifs is 1. The largest absolute Gasteiger partial charge is 0.465 e. The number of carbonyl (C=O) groups excluding carboxylic acids is 3. The molecule has 2 aromatic heterocycles. The van der Waals surface area contributed by atoms with Crippen molar-refractivity contribution in [3.8, 4) is 0 Å². The maximum Gasteiger partial charge on any atom is 0.404 e. The summed E-state index contributed by atoms with van der Waals surface area (Å²) in [6.45, 7) is 6.40. The van der Waals surface area contributed by atoms with Gasteiger partial charge in [-0.3, -0.25) is 19.4 Å². The summed E-state index contributed by atoms with van der Waals surface area (Å²) in [5.74, 6) is -0.985. The van der Waals surface area contributed by atoms with E-state index in [0.29, 0.717) is 26.1 Å². The molecule has 0 bridgehead atoms. The highest BCUT2D eigenvalue weighted by molar-refractivity contribution is 7.17. The second-order valence-electron chi connectivity index (χ2n) is 10.5. The molecule has 14 nitrogen and oxygen atoms in total. The van der Waals surface area contributed by atoms with Gasteiger partial charge < -0.3 is 35.4 Å². The van der Waals surface area contributed by atoms with Gasteiger partial charge in [-0.1, -0.05) is 18.2 Å². The molecule has 0 radical (unpaired) electrons. The molecule has 3 rings (SSSR count). The Morgan fingerprint density at radius 3 is 2.43 bits per heavy atom. The molecule has 0 fully saturated rings. The van der Waals surface area contributed by atoms with E-state index in [1.807, 2.05) is 50.4 Å². The van der Waals surface area contributed by atoms with Crippen LogP contribution in [0.25, 0.3) is 10.1 Å². The third-order valence-corrected chi connectivity index (χ3v) is 8.14. The van der Waals surface area contributed by atoms with Crippen LogP contribution in [0.4, 0.5) is 9.59 Å². The van der Waals surface area contributed by atoms with Crippen LogP contribution in [0.5, 0.6) is 0 Å². The second kappa shape index (κ2) is 20.0. The monoisotopic (exact) mass is 672 g/mol. The van der Waals surface area contributed by atoms with Crippen LogP contribution < -0.4 is 21.4 Å². The summed E-state index contributed by atoms with van der Waals surface area (Å²) in [6.07, 6.45) is 2.48. The van der Waals surface area contributed by atoms with Gasteiger partial charge in [0.25, 0.3) is 0 Å². The summed E-state index contributed by atoms with van der Waals surface area (Å²) in [5, 5.41) is 19.6. The smallest absolute Gasteiger partial charge is 0.404 e. The zero-order valence-electron chi connectivity index (χ0n) is 26.9. The minimum absolute atomic E-state index is 0.198. The van der Waals surface area contributed by atoms with E-state index in [2.05, 4.69) is 26.4 Å². The van der Waals surface area contributed by atoms with Gasteiger partial charge in [-0.05, 0) is 80.1 Å². The fourth-order valence-electron chi connectivity index (χ4n) is 4.81. The Bertz CT molecular complexity index is 1420. The van der Waals surface area contributed by atoms with Crippen molar-refractivity contribution in [2.75, 3.05) is 26.4 Å². The van der Waals surface area contributed by atoms with Crippen molar-refractivity contribution in [3.63, 3.8) is 0 Å².